The fourth-order valence-corrected chi connectivity index (χ4v) is 4.13. The van der Waals surface area contributed by atoms with E-state index in [9.17, 15) is 13.2 Å². The average molecular weight is 442 g/mol. The Morgan fingerprint density at radius 2 is 1.78 bits per heavy atom. The molecule has 146 valence electrons. The Kier molecular flexibility index (Phi) is 6.48. The van der Waals surface area contributed by atoms with Crippen LogP contribution in [0.2, 0.25) is 0 Å². The summed E-state index contributed by atoms with van der Waals surface area (Å²) in [5.74, 6) is -0.355. The molecular weight excluding hydrogens is 419 g/mol. The second-order valence-corrected chi connectivity index (χ2v) is 7.99. The number of likely N-dealkylation sites (tertiary alicyclic amines) is 1. The average Bonchev–Trinajstić information content (AvgIpc) is 2.61. The Labute approximate surface area is 166 Å². The Hall–Kier alpha value is -1.53. The van der Waals surface area contributed by atoms with E-state index in [4.69, 9.17) is 4.74 Å². The minimum Gasteiger partial charge on any atom is -0.488 e. The molecule has 27 heavy (non-hydrogen) atoms. The van der Waals surface area contributed by atoms with Crippen molar-refractivity contribution >= 4 is 15.9 Å². The highest BCUT2D eigenvalue weighted by molar-refractivity contribution is 9.10. The second kappa shape index (κ2) is 8.65. The summed E-state index contributed by atoms with van der Waals surface area (Å²) in [7, 11) is 0. The number of aryl methyl sites for hydroxylation is 1. The number of hydrogen-bond donors (Lipinski definition) is 0. The van der Waals surface area contributed by atoms with Gasteiger partial charge in [-0.1, -0.05) is 46.3 Å². The highest BCUT2D eigenvalue weighted by atomic mass is 79.9. The number of benzene rings is 2. The van der Waals surface area contributed by atoms with E-state index in [1.807, 2.05) is 49.4 Å². The predicted octanol–water partition coefficient (Wildman–Crippen LogP) is 6.11. The lowest BCUT2D eigenvalue weighted by molar-refractivity contribution is -0.185. The van der Waals surface area contributed by atoms with Crippen molar-refractivity contribution in [1.82, 2.24) is 4.90 Å². The van der Waals surface area contributed by atoms with Crippen LogP contribution in [0.1, 0.15) is 29.5 Å². The van der Waals surface area contributed by atoms with Gasteiger partial charge in [0, 0.05) is 16.6 Å². The van der Waals surface area contributed by atoms with E-state index in [2.05, 4.69) is 20.8 Å². The summed E-state index contributed by atoms with van der Waals surface area (Å²) in [5, 5.41) is 0. The van der Waals surface area contributed by atoms with Crippen molar-refractivity contribution in [2.24, 2.45) is 5.92 Å². The molecular formula is C21H23BrF3NO. The van der Waals surface area contributed by atoms with E-state index in [0.717, 1.165) is 26.9 Å². The largest absolute Gasteiger partial charge is 0.488 e. The topological polar surface area (TPSA) is 12.5 Å². The predicted molar refractivity (Wildman–Crippen MR) is 104 cm³/mol. The fraction of sp³-hybridized carbons (Fsp3) is 0.429. The molecule has 0 amide bonds. The quantitative estimate of drug-likeness (QED) is 0.554. The summed E-state index contributed by atoms with van der Waals surface area (Å²) >= 11 is 3.52. The molecule has 1 saturated heterocycles. The summed E-state index contributed by atoms with van der Waals surface area (Å²) in [4.78, 5) is 2.08. The Balaban J connectivity index is 1.69. The number of ether oxygens (including phenoxy) is 1. The van der Waals surface area contributed by atoms with Gasteiger partial charge in [0.1, 0.15) is 12.4 Å². The first-order valence-electron chi connectivity index (χ1n) is 9.08. The molecule has 0 aliphatic carbocycles. The minimum absolute atomic E-state index is 0.163. The Morgan fingerprint density at radius 1 is 1.11 bits per heavy atom. The van der Waals surface area contributed by atoms with Gasteiger partial charge >= 0.3 is 6.18 Å². The molecule has 0 unspecified atom stereocenters. The number of piperidine rings is 1. The molecule has 1 fully saturated rings. The first kappa shape index (κ1) is 20.2. The van der Waals surface area contributed by atoms with Crippen molar-refractivity contribution in [1.29, 1.82) is 0 Å². The van der Waals surface area contributed by atoms with E-state index in [0.29, 0.717) is 26.2 Å². The highest BCUT2D eigenvalue weighted by Crippen LogP contribution is 2.36. The fourth-order valence-electron chi connectivity index (χ4n) is 3.51. The number of alkyl halides is 3. The van der Waals surface area contributed by atoms with Crippen LogP contribution in [0, 0.1) is 12.8 Å². The van der Waals surface area contributed by atoms with Crippen molar-refractivity contribution in [2.45, 2.75) is 39.1 Å². The lowest BCUT2D eigenvalue weighted by atomic mass is 9.96. The third kappa shape index (κ3) is 5.48. The van der Waals surface area contributed by atoms with Crippen LogP contribution in [-0.2, 0) is 13.2 Å². The van der Waals surface area contributed by atoms with Gasteiger partial charge in [-0.05, 0) is 56.1 Å². The number of halogens is 4. The molecule has 0 saturated carbocycles. The highest BCUT2D eigenvalue weighted by Gasteiger charge is 2.41. The van der Waals surface area contributed by atoms with Crippen LogP contribution in [0.3, 0.4) is 0 Å². The van der Waals surface area contributed by atoms with Crippen molar-refractivity contribution < 1.29 is 17.9 Å². The zero-order chi connectivity index (χ0) is 19.4. The molecule has 0 aromatic heterocycles. The van der Waals surface area contributed by atoms with Crippen LogP contribution in [0.15, 0.2) is 46.9 Å². The van der Waals surface area contributed by atoms with Gasteiger partial charge < -0.3 is 4.74 Å². The van der Waals surface area contributed by atoms with Gasteiger partial charge in [0.25, 0.3) is 0 Å². The van der Waals surface area contributed by atoms with Gasteiger partial charge in [0.15, 0.2) is 0 Å². The zero-order valence-corrected chi connectivity index (χ0v) is 16.8. The summed E-state index contributed by atoms with van der Waals surface area (Å²) in [5.41, 5.74) is 3.10. The maximum absolute atomic E-state index is 12.9. The summed E-state index contributed by atoms with van der Waals surface area (Å²) in [6, 6.07) is 13.9. The van der Waals surface area contributed by atoms with Gasteiger partial charge in [0.05, 0.1) is 5.92 Å². The van der Waals surface area contributed by atoms with Crippen LogP contribution in [0.4, 0.5) is 13.2 Å². The molecule has 2 aromatic rings. The van der Waals surface area contributed by atoms with Crippen LogP contribution >= 0.6 is 15.9 Å². The summed E-state index contributed by atoms with van der Waals surface area (Å²) in [6.45, 7) is 3.95. The van der Waals surface area contributed by atoms with E-state index in [1.54, 1.807) is 0 Å². The standard InChI is InChI=1S/C21H23BrF3NO/c1-15-11-19(22)12-17(20(15)27-14-16-5-3-2-4-6-16)13-26-9-7-18(8-10-26)21(23,24)25/h2-6,11-12,18H,7-10,13-14H2,1H3. The third-order valence-corrected chi connectivity index (χ3v) is 5.44. The number of hydrogen-bond acceptors (Lipinski definition) is 2. The minimum atomic E-state index is -4.08. The van der Waals surface area contributed by atoms with Crippen molar-refractivity contribution in [3.63, 3.8) is 0 Å². The molecule has 2 aromatic carbocycles. The lowest BCUT2D eigenvalue weighted by Gasteiger charge is -2.33. The maximum atomic E-state index is 12.9. The number of rotatable bonds is 5. The van der Waals surface area contributed by atoms with Crippen molar-refractivity contribution in [3.05, 3.63) is 63.6 Å². The molecule has 0 bridgehead atoms. The summed E-state index contributed by atoms with van der Waals surface area (Å²) in [6.07, 6.45) is -3.75. The normalized spacial score (nSPS) is 16.5. The smallest absolute Gasteiger partial charge is 0.391 e. The van der Waals surface area contributed by atoms with Crippen LogP contribution < -0.4 is 4.74 Å². The van der Waals surface area contributed by atoms with E-state index < -0.39 is 12.1 Å². The van der Waals surface area contributed by atoms with Gasteiger partial charge in [-0.25, -0.2) is 0 Å². The maximum Gasteiger partial charge on any atom is 0.391 e. The van der Waals surface area contributed by atoms with Crippen molar-refractivity contribution in [2.75, 3.05) is 13.1 Å². The molecule has 3 rings (SSSR count). The second-order valence-electron chi connectivity index (χ2n) is 7.08. The molecule has 0 radical (unpaired) electrons. The van der Waals surface area contributed by atoms with Crippen LogP contribution in [0.5, 0.6) is 5.75 Å². The first-order valence-corrected chi connectivity index (χ1v) is 9.87. The Bertz CT molecular complexity index is 756. The third-order valence-electron chi connectivity index (χ3n) is 4.99. The van der Waals surface area contributed by atoms with Gasteiger partial charge in [0.2, 0.25) is 0 Å². The van der Waals surface area contributed by atoms with Crippen LogP contribution in [-0.4, -0.2) is 24.2 Å². The molecule has 6 heteroatoms. The number of nitrogens with zero attached hydrogens (tertiary/aromatic N) is 1. The van der Waals surface area contributed by atoms with E-state index in [-0.39, 0.29) is 12.8 Å². The Morgan fingerprint density at radius 3 is 2.41 bits per heavy atom. The van der Waals surface area contributed by atoms with Crippen LogP contribution in [0.25, 0.3) is 0 Å². The molecule has 0 spiro atoms. The lowest BCUT2D eigenvalue weighted by Crippen LogP contribution is -2.38. The molecule has 2 nitrogen and oxygen atoms in total. The van der Waals surface area contributed by atoms with E-state index in [1.165, 1.54) is 0 Å². The molecule has 1 heterocycles. The van der Waals surface area contributed by atoms with Gasteiger partial charge in [-0.3, -0.25) is 4.90 Å². The first-order chi connectivity index (χ1) is 12.8. The van der Waals surface area contributed by atoms with Gasteiger partial charge in [-0.15, -0.1) is 0 Å². The monoisotopic (exact) mass is 441 g/mol. The SMILES string of the molecule is Cc1cc(Br)cc(CN2CCC(C(F)(F)F)CC2)c1OCc1ccccc1. The molecule has 1 aliphatic heterocycles. The molecule has 0 N–H and O–H groups in total. The van der Waals surface area contributed by atoms with E-state index >= 15 is 0 Å². The zero-order valence-electron chi connectivity index (χ0n) is 15.2. The summed E-state index contributed by atoms with van der Waals surface area (Å²) < 4.78 is 45.7. The van der Waals surface area contributed by atoms with Crippen molar-refractivity contribution in [3.8, 4) is 5.75 Å². The van der Waals surface area contributed by atoms with Gasteiger partial charge in [-0.2, -0.15) is 13.2 Å². The molecule has 0 atom stereocenters. The molecule has 1 aliphatic rings.